The number of nitro benzene ring substituents is 1. The molecular formula is C15H11BrN2O3S. The van der Waals surface area contributed by atoms with E-state index in [1.54, 1.807) is 13.0 Å². The fraction of sp³-hybridized carbons (Fsp3) is 0.0667. The molecule has 7 heteroatoms. The van der Waals surface area contributed by atoms with Crippen molar-refractivity contribution in [1.29, 1.82) is 0 Å². The molecular weight excluding hydrogens is 368 g/mol. The molecule has 0 fully saturated rings. The highest BCUT2D eigenvalue weighted by Crippen LogP contribution is 2.37. The number of hydrogen-bond donors (Lipinski definition) is 0. The summed E-state index contributed by atoms with van der Waals surface area (Å²) in [7, 11) is 0. The van der Waals surface area contributed by atoms with E-state index in [9.17, 15) is 14.9 Å². The lowest BCUT2D eigenvalue weighted by atomic mass is 10.1. The lowest BCUT2D eigenvalue weighted by Gasteiger charge is -2.07. The van der Waals surface area contributed by atoms with Crippen molar-refractivity contribution in [2.24, 2.45) is 4.99 Å². The van der Waals surface area contributed by atoms with E-state index >= 15 is 0 Å². The summed E-state index contributed by atoms with van der Waals surface area (Å²) in [4.78, 5) is 27.1. The van der Waals surface area contributed by atoms with Crippen molar-refractivity contribution in [3.8, 4) is 0 Å². The maximum Gasteiger partial charge on any atom is 0.284 e. The van der Waals surface area contributed by atoms with E-state index in [4.69, 9.17) is 0 Å². The number of nitrogens with zero attached hydrogens (tertiary/aromatic N) is 2. The summed E-state index contributed by atoms with van der Waals surface area (Å²) in [5, 5.41) is 11.3. The van der Waals surface area contributed by atoms with Crippen LogP contribution in [-0.4, -0.2) is 17.5 Å². The standard InChI is InChI=1S/C15H11BrN2O3S/c1-9-7-14(22-11-5-3-10(16)4-6-11)13(18(20)21)8-12(9)15(19)17-2/h3-8H,2H2,1H3. The molecule has 0 aliphatic carbocycles. The van der Waals surface area contributed by atoms with Gasteiger partial charge in [0.1, 0.15) is 0 Å². The molecule has 0 heterocycles. The molecule has 0 aliphatic rings. The number of rotatable bonds is 4. The van der Waals surface area contributed by atoms with E-state index in [0.29, 0.717) is 10.5 Å². The van der Waals surface area contributed by atoms with Gasteiger partial charge in [-0.05, 0) is 49.5 Å². The summed E-state index contributed by atoms with van der Waals surface area (Å²) in [5.74, 6) is -0.569. The maximum absolute atomic E-state index is 11.7. The first-order valence-corrected chi connectivity index (χ1v) is 7.77. The highest BCUT2D eigenvalue weighted by molar-refractivity contribution is 9.10. The molecule has 5 nitrogen and oxygen atoms in total. The molecule has 0 aromatic heterocycles. The number of hydrogen-bond acceptors (Lipinski definition) is 4. The molecule has 0 atom stereocenters. The van der Waals surface area contributed by atoms with Crippen LogP contribution in [-0.2, 0) is 0 Å². The minimum absolute atomic E-state index is 0.120. The largest absolute Gasteiger partial charge is 0.284 e. The third-order valence-electron chi connectivity index (χ3n) is 2.92. The number of amides is 1. The van der Waals surface area contributed by atoms with Gasteiger partial charge in [0.15, 0.2) is 0 Å². The second-order valence-electron chi connectivity index (χ2n) is 4.41. The van der Waals surface area contributed by atoms with E-state index < -0.39 is 10.8 Å². The molecule has 1 amide bonds. The second kappa shape index (κ2) is 6.85. The zero-order valence-corrected chi connectivity index (χ0v) is 14.0. The molecule has 0 radical (unpaired) electrons. The van der Waals surface area contributed by atoms with Crippen LogP contribution in [0.5, 0.6) is 0 Å². The number of carbonyl (C=O) groups is 1. The highest BCUT2D eigenvalue weighted by Gasteiger charge is 2.20. The Hall–Kier alpha value is -1.99. The van der Waals surface area contributed by atoms with Gasteiger partial charge in [-0.3, -0.25) is 14.9 Å². The average molecular weight is 379 g/mol. The van der Waals surface area contributed by atoms with E-state index in [1.165, 1.54) is 17.8 Å². The molecule has 0 saturated carbocycles. The first kappa shape index (κ1) is 16.4. The molecule has 0 N–H and O–H groups in total. The summed E-state index contributed by atoms with van der Waals surface area (Å²) >= 11 is 4.62. The second-order valence-corrected chi connectivity index (χ2v) is 6.44. The fourth-order valence-electron chi connectivity index (χ4n) is 1.84. The van der Waals surface area contributed by atoms with Crippen molar-refractivity contribution < 1.29 is 9.72 Å². The van der Waals surface area contributed by atoms with Gasteiger partial charge in [-0.25, -0.2) is 4.99 Å². The van der Waals surface area contributed by atoms with Crippen LogP contribution in [0, 0.1) is 17.0 Å². The molecule has 22 heavy (non-hydrogen) atoms. The van der Waals surface area contributed by atoms with Gasteiger partial charge in [-0.15, -0.1) is 0 Å². The molecule has 2 rings (SSSR count). The Bertz CT molecular complexity index is 760. The number of aryl methyl sites for hydroxylation is 1. The molecule has 2 aromatic rings. The number of aliphatic imine (C=N–C) groups is 1. The van der Waals surface area contributed by atoms with Crippen LogP contribution < -0.4 is 0 Å². The van der Waals surface area contributed by atoms with Crippen LogP contribution in [0.15, 0.2) is 55.7 Å². The van der Waals surface area contributed by atoms with Crippen LogP contribution in [0.4, 0.5) is 5.69 Å². The molecule has 0 bridgehead atoms. The van der Waals surface area contributed by atoms with Crippen molar-refractivity contribution in [3.63, 3.8) is 0 Å². The lowest BCUT2D eigenvalue weighted by Crippen LogP contribution is -2.01. The zero-order valence-electron chi connectivity index (χ0n) is 11.6. The van der Waals surface area contributed by atoms with Gasteiger partial charge >= 0.3 is 0 Å². The Balaban J connectivity index is 2.48. The summed E-state index contributed by atoms with van der Waals surface area (Å²) in [6, 6.07) is 10.3. The molecule has 2 aromatic carbocycles. The van der Waals surface area contributed by atoms with Gasteiger partial charge in [0, 0.05) is 15.4 Å². The average Bonchev–Trinajstić information content (AvgIpc) is 2.48. The minimum atomic E-state index is -0.569. The first-order valence-electron chi connectivity index (χ1n) is 6.16. The molecule has 0 spiro atoms. The SMILES string of the molecule is C=NC(=O)c1cc([N+](=O)[O-])c(Sc2ccc(Br)cc2)cc1C. The molecule has 0 saturated heterocycles. The predicted octanol–water partition coefficient (Wildman–Crippen LogP) is 4.66. The smallest absolute Gasteiger partial charge is 0.267 e. The van der Waals surface area contributed by atoms with E-state index in [0.717, 1.165) is 9.37 Å². The lowest BCUT2D eigenvalue weighted by molar-refractivity contribution is -0.387. The van der Waals surface area contributed by atoms with Crippen molar-refractivity contribution in [2.75, 3.05) is 0 Å². The number of carbonyl (C=O) groups excluding carboxylic acids is 1. The molecule has 112 valence electrons. The topological polar surface area (TPSA) is 72.6 Å². The van der Waals surface area contributed by atoms with Gasteiger partial charge in [-0.2, -0.15) is 0 Å². The van der Waals surface area contributed by atoms with Gasteiger partial charge in [0.2, 0.25) is 0 Å². The van der Waals surface area contributed by atoms with E-state index in [2.05, 4.69) is 27.6 Å². The quantitative estimate of drug-likeness (QED) is 0.440. The Morgan fingerprint density at radius 1 is 1.32 bits per heavy atom. The first-order chi connectivity index (χ1) is 10.4. The van der Waals surface area contributed by atoms with Crippen LogP contribution in [0.3, 0.4) is 0 Å². The highest BCUT2D eigenvalue weighted by atomic mass is 79.9. The van der Waals surface area contributed by atoms with Crippen LogP contribution in [0.2, 0.25) is 0 Å². The van der Waals surface area contributed by atoms with Gasteiger partial charge in [-0.1, -0.05) is 27.7 Å². The summed E-state index contributed by atoms with van der Waals surface area (Å²) in [5.41, 5.74) is 0.704. The van der Waals surface area contributed by atoms with E-state index in [-0.39, 0.29) is 11.3 Å². The molecule has 0 unspecified atom stereocenters. The number of halogens is 1. The third kappa shape index (κ3) is 3.61. The third-order valence-corrected chi connectivity index (χ3v) is 4.50. The Kier molecular flexibility index (Phi) is 5.10. The maximum atomic E-state index is 11.7. The zero-order chi connectivity index (χ0) is 16.3. The van der Waals surface area contributed by atoms with Crippen LogP contribution in [0.1, 0.15) is 15.9 Å². The van der Waals surface area contributed by atoms with Crippen molar-refractivity contribution in [1.82, 2.24) is 0 Å². The van der Waals surface area contributed by atoms with Crippen molar-refractivity contribution in [3.05, 3.63) is 62.1 Å². The number of nitro groups is 1. The van der Waals surface area contributed by atoms with Crippen LogP contribution in [0.25, 0.3) is 0 Å². The minimum Gasteiger partial charge on any atom is -0.267 e. The summed E-state index contributed by atoms with van der Waals surface area (Å²) in [6.07, 6.45) is 0. The Morgan fingerprint density at radius 3 is 2.50 bits per heavy atom. The summed E-state index contributed by atoms with van der Waals surface area (Å²) in [6.45, 7) is 4.89. The van der Waals surface area contributed by atoms with Crippen molar-refractivity contribution in [2.45, 2.75) is 16.7 Å². The fourth-order valence-corrected chi connectivity index (χ4v) is 3.10. The Labute approximate surface area is 139 Å². The van der Waals surface area contributed by atoms with Gasteiger partial charge in [0.05, 0.1) is 15.4 Å². The van der Waals surface area contributed by atoms with Gasteiger partial charge < -0.3 is 0 Å². The molecule has 0 aliphatic heterocycles. The van der Waals surface area contributed by atoms with Crippen LogP contribution >= 0.6 is 27.7 Å². The normalized spacial score (nSPS) is 10.3. The Morgan fingerprint density at radius 2 is 1.95 bits per heavy atom. The monoisotopic (exact) mass is 378 g/mol. The number of benzene rings is 2. The summed E-state index contributed by atoms with van der Waals surface area (Å²) < 4.78 is 0.931. The van der Waals surface area contributed by atoms with E-state index in [1.807, 2.05) is 24.3 Å². The predicted molar refractivity (Wildman–Crippen MR) is 90.0 cm³/mol. The van der Waals surface area contributed by atoms with Crippen molar-refractivity contribution >= 4 is 46.0 Å². The van der Waals surface area contributed by atoms with Gasteiger partial charge in [0.25, 0.3) is 11.6 Å².